The van der Waals surface area contributed by atoms with Gasteiger partial charge in [-0.15, -0.1) is 0 Å². The number of nitrogens with zero attached hydrogens (tertiary/aromatic N) is 4. The SMILES string of the molecule is CC(=O)OC[C@H]1O[C@@H](O[C@H]2[C@H](OC(C)=O)[C@@H](OC(C)=O)[C@H](Oc3nnnn3-c3ccccc3)O[C@@H]2COC(C)=O)[C@H](OC(C)=O)[C@@H](OC(C)=O)[C@H]1OC(C)=O. The van der Waals surface area contributed by atoms with Crippen molar-refractivity contribution in [1.29, 1.82) is 0 Å². The minimum atomic E-state index is -1.84. The first-order chi connectivity index (χ1) is 26.0. The Hall–Kier alpha value is -5.74. The van der Waals surface area contributed by atoms with Crippen LogP contribution >= 0.6 is 0 Å². The number of tetrazole rings is 1. The molecule has 2 aliphatic rings. The Morgan fingerprint density at radius 3 is 1.51 bits per heavy atom. The number of hydrogen-bond donors (Lipinski definition) is 0. The van der Waals surface area contributed by atoms with Crippen molar-refractivity contribution in [2.75, 3.05) is 13.2 Å². The Morgan fingerprint density at radius 2 is 1.00 bits per heavy atom. The molecular formula is C33H40N4O18. The molecule has 0 aliphatic carbocycles. The van der Waals surface area contributed by atoms with Crippen molar-refractivity contribution in [3.05, 3.63) is 30.3 Å². The van der Waals surface area contributed by atoms with Crippen LogP contribution in [-0.2, 0) is 80.9 Å². The number of carbonyl (C=O) groups excluding carboxylic acids is 7. The summed E-state index contributed by atoms with van der Waals surface area (Å²) in [6.45, 7) is 6.18. The molecule has 1 aromatic heterocycles. The van der Waals surface area contributed by atoms with Crippen molar-refractivity contribution in [1.82, 2.24) is 20.2 Å². The molecule has 22 nitrogen and oxygen atoms in total. The lowest BCUT2D eigenvalue weighted by Crippen LogP contribution is -2.67. The summed E-state index contributed by atoms with van der Waals surface area (Å²) in [6, 6.07) is 8.24. The van der Waals surface area contributed by atoms with Gasteiger partial charge in [0.2, 0.25) is 12.4 Å². The van der Waals surface area contributed by atoms with E-state index in [9.17, 15) is 33.6 Å². The predicted octanol–water partition coefficient (Wildman–Crippen LogP) is -0.339. The minimum Gasteiger partial charge on any atom is -0.463 e. The van der Waals surface area contributed by atoms with Gasteiger partial charge in [0, 0.05) is 48.5 Å². The summed E-state index contributed by atoms with van der Waals surface area (Å²) in [5.74, 6) is -6.07. The summed E-state index contributed by atoms with van der Waals surface area (Å²) in [5.41, 5.74) is 0.459. The lowest BCUT2D eigenvalue weighted by Gasteiger charge is -2.48. The third-order valence-corrected chi connectivity index (χ3v) is 7.55. The highest BCUT2D eigenvalue weighted by Crippen LogP contribution is 2.36. The number of rotatable bonds is 14. The molecule has 0 saturated carbocycles. The van der Waals surface area contributed by atoms with Gasteiger partial charge >= 0.3 is 47.8 Å². The van der Waals surface area contributed by atoms with Crippen LogP contribution in [0.1, 0.15) is 48.5 Å². The predicted molar refractivity (Wildman–Crippen MR) is 173 cm³/mol. The largest absolute Gasteiger partial charge is 0.463 e. The maximum atomic E-state index is 12.7. The second-order valence-corrected chi connectivity index (χ2v) is 12.0. The molecule has 0 spiro atoms. The molecule has 10 atom stereocenters. The van der Waals surface area contributed by atoms with Crippen molar-refractivity contribution >= 4 is 41.8 Å². The minimum absolute atomic E-state index is 0.264. The molecule has 4 rings (SSSR count). The fraction of sp³-hybridized carbons (Fsp3) is 0.576. The summed E-state index contributed by atoms with van der Waals surface area (Å²) in [7, 11) is 0. The zero-order chi connectivity index (χ0) is 40.4. The quantitative estimate of drug-likeness (QED) is 0.175. The second kappa shape index (κ2) is 19.0. The van der Waals surface area contributed by atoms with Gasteiger partial charge in [-0.2, -0.15) is 4.68 Å². The Kier molecular flexibility index (Phi) is 14.5. The van der Waals surface area contributed by atoms with Gasteiger partial charge in [-0.25, -0.2) is 0 Å². The highest BCUT2D eigenvalue weighted by molar-refractivity contribution is 5.69. The van der Waals surface area contributed by atoms with Crippen molar-refractivity contribution in [2.24, 2.45) is 0 Å². The van der Waals surface area contributed by atoms with E-state index < -0.39 is 116 Å². The lowest BCUT2D eigenvalue weighted by molar-refractivity contribution is -0.355. The van der Waals surface area contributed by atoms with Crippen molar-refractivity contribution in [3.63, 3.8) is 0 Å². The van der Waals surface area contributed by atoms with Crippen LogP contribution in [0.4, 0.5) is 0 Å². The summed E-state index contributed by atoms with van der Waals surface area (Å²) >= 11 is 0. The molecule has 0 amide bonds. The van der Waals surface area contributed by atoms with Crippen LogP contribution < -0.4 is 4.74 Å². The third-order valence-electron chi connectivity index (χ3n) is 7.55. The number of benzene rings is 1. The van der Waals surface area contributed by atoms with E-state index >= 15 is 0 Å². The van der Waals surface area contributed by atoms with Crippen LogP contribution in [-0.4, -0.2) is 137 Å². The molecule has 0 unspecified atom stereocenters. The van der Waals surface area contributed by atoms with Crippen LogP contribution in [0, 0.1) is 0 Å². The number of carbonyl (C=O) groups is 7. The van der Waals surface area contributed by atoms with E-state index in [1.54, 1.807) is 30.3 Å². The van der Waals surface area contributed by atoms with E-state index in [1.807, 2.05) is 0 Å². The molecule has 0 radical (unpaired) electrons. The normalized spacial score (nSPS) is 27.4. The van der Waals surface area contributed by atoms with E-state index in [0.717, 1.165) is 48.5 Å². The van der Waals surface area contributed by atoms with Crippen molar-refractivity contribution < 1.29 is 85.7 Å². The molecule has 3 heterocycles. The first-order valence-corrected chi connectivity index (χ1v) is 16.6. The molecule has 300 valence electrons. The van der Waals surface area contributed by atoms with Crippen LogP contribution in [0.5, 0.6) is 6.01 Å². The number of aromatic nitrogens is 4. The number of esters is 7. The molecule has 2 aromatic rings. The van der Waals surface area contributed by atoms with E-state index in [1.165, 1.54) is 4.68 Å². The van der Waals surface area contributed by atoms with Crippen LogP contribution in [0.3, 0.4) is 0 Å². The molecule has 1 aromatic carbocycles. The first kappa shape index (κ1) is 42.0. The lowest BCUT2D eigenvalue weighted by atomic mass is 9.96. The number of ether oxygens (including phenoxy) is 11. The molecular weight excluding hydrogens is 740 g/mol. The average molecular weight is 781 g/mol. The van der Waals surface area contributed by atoms with Crippen LogP contribution in [0.15, 0.2) is 30.3 Å². The van der Waals surface area contributed by atoms with E-state index in [4.69, 9.17) is 52.1 Å². The van der Waals surface area contributed by atoms with Crippen molar-refractivity contribution in [3.8, 4) is 11.7 Å². The highest BCUT2D eigenvalue weighted by atomic mass is 16.8. The Balaban J connectivity index is 1.82. The number of para-hydroxylation sites is 1. The third kappa shape index (κ3) is 11.6. The zero-order valence-corrected chi connectivity index (χ0v) is 30.7. The van der Waals surface area contributed by atoms with Gasteiger partial charge in [0.05, 0.1) is 5.69 Å². The topological polar surface area (TPSA) is 265 Å². The first-order valence-electron chi connectivity index (χ1n) is 16.6. The Morgan fingerprint density at radius 1 is 0.564 bits per heavy atom. The smallest absolute Gasteiger partial charge is 0.342 e. The fourth-order valence-corrected chi connectivity index (χ4v) is 5.65. The van der Waals surface area contributed by atoms with Gasteiger partial charge in [-0.3, -0.25) is 33.6 Å². The van der Waals surface area contributed by atoms with Crippen molar-refractivity contribution in [2.45, 2.75) is 110 Å². The summed E-state index contributed by atoms with van der Waals surface area (Å²) < 4.78 is 63.8. The summed E-state index contributed by atoms with van der Waals surface area (Å²) in [5, 5.41) is 11.5. The molecule has 2 saturated heterocycles. The molecule has 0 N–H and O–H groups in total. The average Bonchev–Trinajstić information content (AvgIpc) is 3.55. The standard InChI is InChI=1S/C33H40N4O18/c1-15(38)45-13-23-25(47-17(3)40)27(48-18(4)41)29(50-20(6)43)31(52-23)54-26-24(14-46-16(2)39)53-32(30(51-21(7)44)28(26)49-19(5)42)55-33-34-35-36-37(33)22-11-9-8-10-12-22/h8-12,23-32H,13-14H2,1-7H3/t23-,24-,25+,26-,27+,28+,29-,30-,31+,32+/m1/s1. The second-order valence-electron chi connectivity index (χ2n) is 12.0. The van der Waals surface area contributed by atoms with E-state index in [0.29, 0.717) is 5.69 Å². The van der Waals surface area contributed by atoms with Crippen LogP contribution in [0.2, 0.25) is 0 Å². The van der Waals surface area contributed by atoms with Crippen LogP contribution in [0.25, 0.3) is 5.69 Å². The van der Waals surface area contributed by atoms with Gasteiger partial charge in [-0.05, 0) is 22.6 Å². The molecule has 55 heavy (non-hydrogen) atoms. The summed E-state index contributed by atoms with van der Waals surface area (Å²) in [6.07, 6.45) is -16.4. The summed E-state index contributed by atoms with van der Waals surface area (Å²) in [4.78, 5) is 86.1. The monoisotopic (exact) mass is 780 g/mol. The maximum absolute atomic E-state index is 12.7. The molecule has 22 heteroatoms. The molecule has 2 aliphatic heterocycles. The fourth-order valence-electron chi connectivity index (χ4n) is 5.65. The van der Waals surface area contributed by atoms with Gasteiger partial charge in [0.1, 0.15) is 31.5 Å². The van der Waals surface area contributed by atoms with Gasteiger partial charge in [0.25, 0.3) is 0 Å². The Bertz CT molecular complexity index is 1700. The van der Waals surface area contributed by atoms with Gasteiger partial charge in [-0.1, -0.05) is 23.3 Å². The Labute approximate surface area is 312 Å². The maximum Gasteiger partial charge on any atom is 0.342 e. The molecule has 2 fully saturated rings. The zero-order valence-electron chi connectivity index (χ0n) is 30.7. The number of hydrogen-bond acceptors (Lipinski definition) is 21. The van der Waals surface area contributed by atoms with Gasteiger partial charge in [0.15, 0.2) is 30.7 Å². The van der Waals surface area contributed by atoms with E-state index in [-0.39, 0.29) is 6.01 Å². The van der Waals surface area contributed by atoms with Gasteiger partial charge < -0.3 is 52.1 Å². The molecule has 0 bridgehead atoms. The van der Waals surface area contributed by atoms with E-state index in [2.05, 4.69) is 15.5 Å². The highest BCUT2D eigenvalue weighted by Gasteiger charge is 2.58.